The van der Waals surface area contributed by atoms with Gasteiger partial charge in [-0.05, 0) is 23.6 Å². The second kappa shape index (κ2) is 6.17. The fourth-order valence-corrected chi connectivity index (χ4v) is 3.14. The Bertz CT molecular complexity index is 532. The van der Waals surface area contributed by atoms with Crippen LogP contribution in [0.25, 0.3) is 0 Å². The second-order valence-electron chi connectivity index (χ2n) is 4.80. The van der Waals surface area contributed by atoms with Crippen molar-refractivity contribution in [1.29, 1.82) is 0 Å². The average Bonchev–Trinajstić information content (AvgIpc) is 2.83. The highest BCUT2D eigenvalue weighted by atomic mass is 32.1. The normalized spacial score (nSPS) is 11.0. The van der Waals surface area contributed by atoms with Gasteiger partial charge in [0.05, 0.1) is 17.8 Å². The van der Waals surface area contributed by atoms with Gasteiger partial charge in [0.25, 0.3) is 0 Å². The lowest BCUT2D eigenvalue weighted by Crippen LogP contribution is -1.99. The average molecular weight is 276 g/mol. The maximum Gasteiger partial charge on any atom is 0.118 e. The van der Waals surface area contributed by atoms with Crippen LogP contribution in [0.4, 0.5) is 0 Å². The van der Waals surface area contributed by atoms with Crippen LogP contribution in [-0.2, 0) is 13.0 Å². The number of benzene rings is 1. The second-order valence-corrected chi connectivity index (χ2v) is 5.97. The topological polar surface area (TPSA) is 48.1 Å². The zero-order chi connectivity index (χ0) is 13.8. The number of nitrogens with two attached hydrogens (primary N) is 1. The third-order valence-corrected chi connectivity index (χ3v) is 4.11. The summed E-state index contributed by atoms with van der Waals surface area (Å²) in [5.74, 6) is 1.31. The van der Waals surface area contributed by atoms with Crippen LogP contribution in [0.2, 0.25) is 0 Å². The molecule has 0 unspecified atom stereocenters. The van der Waals surface area contributed by atoms with Crippen molar-refractivity contribution in [2.24, 2.45) is 5.73 Å². The SMILES string of the molecule is COc1ccc(Cc2nc(C(C)C)c(CN)s2)cc1. The summed E-state index contributed by atoms with van der Waals surface area (Å²) in [6.45, 7) is 4.89. The maximum atomic E-state index is 5.79. The molecule has 0 aliphatic heterocycles. The first kappa shape index (κ1) is 14.0. The van der Waals surface area contributed by atoms with Gasteiger partial charge in [0.2, 0.25) is 0 Å². The summed E-state index contributed by atoms with van der Waals surface area (Å²) in [4.78, 5) is 5.93. The highest BCUT2D eigenvalue weighted by Gasteiger charge is 2.13. The van der Waals surface area contributed by atoms with Crippen LogP contribution in [0, 0.1) is 0 Å². The van der Waals surface area contributed by atoms with E-state index in [1.54, 1.807) is 18.4 Å². The van der Waals surface area contributed by atoms with Gasteiger partial charge in [0, 0.05) is 17.8 Å². The quantitative estimate of drug-likeness (QED) is 0.911. The van der Waals surface area contributed by atoms with Gasteiger partial charge in [-0.1, -0.05) is 26.0 Å². The van der Waals surface area contributed by atoms with Crippen LogP contribution in [0.1, 0.15) is 40.9 Å². The van der Waals surface area contributed by atoms with Gasteiger partial charge in [0.1, 0.15) is 5.75 Å². The van der Waals surface area contributed by atoms with Crippen LogP contribution >= 0.6 is 11.3 Å². The minimum Gasteiger partial charge on any atom is -0.497 e. The lowest BCUT2D eigenvalue weighted by molar-refractivity contribution is 0.414. The van der Waals surface area contributed by atoms with E-state index in [9.17, 15) is 0 Å². The molecule has 0 saturated heterocycles. The molecule has 0 aliphatic carbocycles. The summed E-state index contributed by atoms with van der Waals surface area (Å²) < 4.78 is 5.16. The molecule has 0 spiro atoms. The fourth-order valence-electron chi connectivity index (χ4n) is 2.00. The van der Waals surface area contributed by atoms with Crippen LogP contribution in [-0.4, -0.2) is 12.1 Å². The van der Waals surface area contributed by atoms with E-state index in [0.717, 1.165) is 22.9 Å². The third-order valence-electron chi connectivity index (χ3n) is 3.02. The molecule has 0 atom stereocenters. The Kier molecular flexibility index (Phi) is 4.56. The predicted octanol–water partition coefficient (Wildman–Crippen LogP) is 3.32. The number of ether oxygens (including phenoxy) is 1. The number of nitrogens with zero attached hydrogens (tertiary/aromatic N) is 1. The zero-order valence-corrected chi connectivity index (χ0v) is 12.5. The van der Waals surface area contributed by atoms with E-state index in [1.165, 1.54) is 10.4 Å². The molecule has 2 aromatic rings. The van der Waals surface area contributed by atoms with Crippen molar-refractivity contribution in [2.75, 3.05) is 7.11 Å². The Morgan fingerprint density at radius 1 is 1.26 bits per heavy atom. The third kappa shape index (κ3) is 3.33. The Morgan fingerprint density at radius 2 is 1.95 bits per heavy atom. The number of aromatic nitrogens is 1. The summed E-state index contributed by atoms with van der Waals surface area (Å²) in [7, 11) is 1.68. The molecule has 0 saturated carbocycles. The summed E-state index contributed by atoms with van der Waals surface area (Å²) >= 11 is 1.73. The standard InChI is InChI=1S/C15H20N2OS/c1-10(2)15-13(9-16)19-14(17-15)8-11-4-6-12(18-3)7-5-11/h4-7,10H,8-9,16H2,1-3H3. The maximum absolute atomic E-state index is 5.79. The summed E-state index contributed by atoms with van der Waals surface area (Å²) in [5, 5.41) is 1.13. The summed E-state index contributed by atoms with van der Waals surface area (Å²) in [6.07, 6.45) is 0.856. The predicted molar refractivity (Wildman–Crippen MR) is 79.9 cm³/mol. The number of hydrogen-bond donors (Lipinski definition) is 1. The summed E-state index contributed by atoms with van der Waals surface area (Å²) in [6, 6.07) is 8.13. The number of rotatable bonds is 5. The molecule has 1 aromatic carbocycles. The number of methoxy groups -OCH3 is 1. The van der Waals surface area contributed by atoms with Gasteiger partial charge in [-0.3, -0.25) is 0 Å². The highest BCUT2D eigenvalue weighted by Crippen LogP contribution is 2.26. The molecule has 102 valence electrons. The van der Waals surface area contributed by atoms with Crippen molar-refractivity contribution >= 4 is 11.3 Å². The molecule has 0 amide bonds. The van der Waals surface area contributed by atoms with Crippen LogP contribution in [0.15, 0.2) is 24.3 Å². The van der Waals surface area contributed by atoms with Crippen LogP contribution in [0.3, 0.4) is 0 Å². The van der Waals surface area contributed by atoms with Crippen molar-refractivity contribution < 1.29 is 4.74 Å². The molecule has 0 fully saturated rings. The van der Waals surface area contributed by atoms with Crippen molar-refractivity contribution in [1.82, 2.24) is 4.98 Å². The minimum absolute atomic E-state index is 0.430. The highest BCUT2D eigenvalue weighted by molar-refractivity contribution is 7.11. The Hall–Kier alpha value is -1.39. The molecular formula is C15H20N2OS. The molecule has 3 nitrogen and oxygen atoms in total. The van der Waals surface area contributed by atoms with E-state index in [-0.39, 0.29) is 0 Å². The van der Waals surface area contributed by atoms with Gasteiger partial charge < -0.3 is 10.5 Å². The van der Waals surface area contributed by atoms with Crippen LogP contribution in [0.5, 0.6) is 5.75 Å². The molecule has 1 aromatic heterocycles. The van der Waals surface area contributed by atoms with E-state index in [4.69, 9.17) is 15.5 Å². The molecule has 0 radical (unpaired) electrons. The molecular weight excluding hydrogens is 256 g/mol. The minimum atomic E-state index is 0.430. The number of hydrogen-bond acceptors (Lipinski definition) is 4. The molecule has 4 heteroatoms. The molecule has 0 aliphatic rings. The lowest BCUT2D eigenvalue weighted by atomic mass is 10.1. The smallest absolute Gasteiger partial charge is 0.118 e. The van der Waals surface area contributed by atoms with Crippen molar-refractivity contribution in [3.63, 3.8) is 0 Å². The molecule has 19 heavy (non-hydrogen) atoms. The van der Waals surface area contributed by atoms with E-state index in [1.807, 2.05) is 12.1 Å². The van der Waals surface area contributed by atoms with Gasteiger partial charge in [0.15, 0.2) is 0 Å². The van der Waals surface area contributed by atoms with Gasteiger partial charge in [-0.15, -0.1) is 11.3 Å². The van der Waals surface area contributed by atoms with E-state index < -0.39 is 0 Å². The molecule has 0 bridgehead atoms. The number of thiazole rings is 1. The first-order valence-corrected chi connectivity index (χ1v) is 7.27. The zero-order valence-electron chi connectivity index (χ0n) is 11.6. The van der Waals surface area contributed by atoms with Crippen molar-refractivity contribution in [3.05, 3.63) is 45.4 Å². The molecule has 2 rings (SSSR count). The summed E-state index contributed by atoms with van der Waals surface area (Å²) in [5.41, 5.74) is 8.18. The Morgan fingerprint density at radius 3 is 2.42 bits per heavy atom. The van der Waals surface area contributed by atoms with Gasteiger partial charge >= 0.3 is 0 Å². The fraction of sp³-hybridized carbons (Fsp3) is 0.400. The Labute approximate surface area is 118 Å². The van der Waals surface area contributed by atoms with Crippen molar-refractivity contribution in [2.45, 2.75) is 32.7 Å². The van der Waals surface area contributed by atoms with E-state index in [2.05, 4.69) is 26.0 Å². The Balaban J connectivity index is 2.18. The molecule has 1 heterocycles. The molecule has 2 N–H and O–H groups in total. The van der Waals surface area contributed by atoms with Crippen LogP contribution < -0.4 is 10.5 Å². The first-order chi connectivity index (χ1) is 9.13. The van der Waals surface area contributed by atoms with Crippen molar-refractivity contribution in [3.8, 4) is 5.75 Å². The van der Waals surface area contributed by atoms with E-state index in [0.29, 0.717) is 12.5 Å². The van der Waals surface area contributed by atoms with Gasteiger partial charge in [-0.2, -0.15) is 0 Å². The van der Waals surface area contributed by atoms with E-state index >= 15 is 0 Å². The van der Waals surface area contributed by atoms with Gasteiger partial charge in [-0.25, -0.2) is 4.98 Å². The lowest BCUT2D eigenvalue weighted by Gasteiger charge is -2.02. The first-order valence-electron chi connectivity index (χ1n) is 6.45. The largest absolute Gasteiger partial charge is 0.497 e. The monoisotopic (exact) mass is 276 g/mol.